The minimum atomic E-state index is -1.18. The van der Waals surface area contributed by atoms with Gasteiger partial charge in [0.05, 0.1) is 0 Å². The summed E-state index contributed by atoms with van der Waals surface area (Å²) in [5.41, 5.74) is 0. The monoisotopic (exact) mass is 240 g/mol. The fourth-order valence-corrected chi connectivity index (χ4v) is 1.21. The summed E-state index contributed by atoms with van der Waals surface area (Å²) in [6, 6.07) is 2.65. The molecule has 1 rings (SSSR count). The molecule has 0 aliphatic heterocycles. The number of carbonyl (C=O) groups is 2. The average molecular weight is 240 g/mol. The van der Waals surface area contributed by atoms with Gasteiger partial charge in [-0.3, -0.25) is 4.79 Å². The molecule has 0 bridgehead atoms. The third-order valence-corrected chi connectivity index (χ3v) is 2.26. The van der Waals surface area contributed by atoms with Crippen molar-refractivity contribution in [3.8, 4) is 0 Å². The second-order valence-corrected chi connectivity index (χ2v) is 4.00. The van der Waals surface area contributed by atoms with Gasteiger partial charge in [0, 0.05) is 20.1 Å². The van der Waals surface area contributed by atoms with Crippen LogP contribution in [-0.4, -0.2) is 61.0 Å². The summed E-state index contributed by atoms with van der Waals surface area (Å²) in [6.45, 7) is 1.28. The largest absolute Gasteiger partial charge is 0.475 e. The van der Waals surface area contributed by atoms with Gasteiger partial charge in [0.1, 0.15) is 0 Å². The number of aromatic carboxylic acids is 1. The van der Waals surface area contributed by atoms with Gasteiger partial charge in [0.15, 0.2) is 5.76 Å². The van der Waals surface area contributed by atoms with Crippen molar-refractivity contribution in [1.82, 2.24) is 9.80 Å². The van der Waals surface area contributed by atoms with Gasteiger partial charge in [0.2, 0.25) is 5.76 Å². The quantitative estimate of drug-likeness (QED) is 0.816. The van der Waals surface area contributed by atoms with E-state index in [1.165, 1.54) is 17.0 Å². The van der Waals surface area contributed by atoms with Gasteiger partial charge in [-0.1, -0.05) is 0 Å². The van der Waals surface area contributed by atoms with Crippen molar-refractivity contribution in [2.24, 2.45) is 0 Å². The van der Waals surface area contributed by atoms with Crippen molar-refractivity contribution in [2.75, 3.05) is 34.2 Å². The highest BCUT2D eigenvalue weighted by atomic mass is 16.4. The maximum absolute atomic E-state index is 11.8. The van der Waals surface area contributed by atoms with Crippen molar-refractivity contribution in [2.45, 2.75) is 0 Å². The van der Waals surface area contributed by atoms with Gasteiger partial charge >= 0.3 is 5.97 Å². The predicted octanol–water partition coefficient (Wildman–Crippen LogP) is 0.611. The number of carboxylic acids is 1. The average Bonchev–Trinajstić information content (AvgIpc) is 2.73. The molecule has 1 aromatic heterocycles. The van der Waals surface area contributed by atoms with Gasteiger partial charge < -0.3 is 19.3 Å². The summed E-state index contributed by atoms with van der Waals surface area (Å²) in [6.07, 6.45) is 0. The lowest BCUT2D eigenvalue weighted by molar-refractivity contribution is 0.0653. The van der Waals surface area contributed by atoms with Crippen LogP contribution in [0.4, 0.5) is 0 Å². The van der Waals surface area contributed by atoms with Crippen LogP contribution in [0.3, 0.4) is 0 Å². The molecule has 94 valence electrons. The number of carbonyl (C=O) groups excluding carboxylic acids is 1. The molecule has 0 unspecified atom stereocenters. The molecular formula is C11H16N2O4. The van der Waals surface area contributed by atoms with Crippen molar-refractivity contribution in [3.63, 3.8) is 0 Å². The number of carboxylic acid groups (broad SMARTS) is 1. The van der Waals surface area contributed by atoms with Crippen molar-refractivity contribution < 1.29 is 19.1 Å². The van der Waals surface area contributed by atoms with E-state index in [0.717, 1.165) is 6.54 Å². The normalized spacial score (nSPS) is 10.6. The lowest BCUT2D eigenvalue weighted by atomic mass is 10.3. The van der Waals surface area contributed by atoms with E-state index < -0.39 is 5.97 Å². The fourth-order valence-electron chi connectivity index (χ4n) is 1.21. The first kappa shape index (κ1) is 13.2. The van der Waals surface area contributed by atoms with Crippen LogP contribution in [0.5, 0.6) is 0 Å². The van der Waals surface area contributed by atoms with Crippen LogP contribution in [-0.2, 0) is 0 Å². The molecule has 17 heavy (non-hydrogen) atoms. The number of amides is 1. The van der Waals surface area contributed by atoms with Crippen molar-refractivity contribution >= 4 is 11.9 Å². The Hall–Kier alpha value is -1.82. The maximum Gasteiger partial charge on any atom is 0.371 e. The van der Waals surface area contributed by atoms with Gasteiger partial charge in [0.25, 0.3) is 5.91 Å². The lowest BCUT2D eigenvalue weighted by Gasteiger charge is -2.18. The second kappa shape index (κ2) is 5.49. The Morgan fingerprint density at radius 3 is 2.24 bits per heavy atom. The topological polar surface area (TPSA) is 74.0 Å². The Bertz CT molecular complexity index is 411. The van der Waals surface area contributed by atoms with Crippen LogP contribution in [0, 0.1) is 0 Å². The van der Waals surface area contributed by atoms with E-state index in [9.17, 15) is 9.59 Å². The third kappa shape index (κ3) is 3.60. The molecule has 1 N–H and O–H groups in total. The smallest absolute Gasteiger partial charge is 0.371 e. The number of rotatable bonds is 5. The molecule has 6 nitrogen and oxygen atoms in total. The zero-order valence-corrected chi connectivity index (χ0v) is 10.1. The molecule has 0 saturated heterocycles. The van der Waals surface area contributed by atoms with E-state index in [0.29, 0.717) is 6.54 Å². The first-order chi connectivity index (χ1) is 7.91. The first-order valence-corrected chi connectivity index (χ1v) is 5.15. The van der Waals surface area contributed by atoms with Crippen LogP contribution < -0.4 is 0 Å². The molecule has 0 spiro atoms. The molecule has 1 amide bonds. The van der Waals surface area contributed by atoms with E-state index in [2.05, 4.69) is 0 Å². The van der Waals surface area contributed by atoms with Crippen LogP contribution in [0.2, 0.25) is 0 Å². The Kier molecular flexibility index (Phi) is 4.28. The molecule has 1 aromatic rings. The summed E-state index contributed by atoms with van der Waals surface area (Å²) in [5, 5.41) is 8.67. The summed E-state index contributed by atoms with van der Waals surface area (Å²) < 4.78 is 4.93. The van der Waals surface area contributed by atoms with Crippen molar-refractivity contribution in [1.29, 1.82) is 0 Å². The molecule has 0 atom stereocenters. The summed E-state index contributed by atoms with van der Waals surface area (Å²) in [4.78, 5) is 25.9. The van der Waals surface area contributed by atoms with Gasteiger partial charge in [-0.25, -0.2) is 4.79 Å². The number of nitrogens with zero attached hydrogens (tertiary/aromatic N) is 2. The van der Waals surface area contributed by atoms with Crippen LogP contribution in [0.15, 0.2) is 16.5 Å². The van der Waals surface area contributed by atoms with Gasteiger partial charge in [-0.05, 0) is 26.2 Å². The highest BCUT2D eigenvalue weighted by Crippen LogP contribution is 2.10. The highest BCUT2D eigenvalue weighted by Gasteiger charge is 2.18. The van der Waals surface area contributed by atoms with Crippen molar-refractivity contribution in [3.05, 3.63) is 23.7 Å². The van der Waals surface area contributed by atoms with Crippen LogP contribution in [0.1, 0.15) is 21.1 Å². The number of hydrogen-bond donors (Lipinski definition) is 1. The summed E-state index contributed by atoms with van der Waals surface area (Å²) in [7, 11) is 5.47. The second-order valence-electron chi connectivity index (χ2n) is 4.00. The standard InChI is InChI=1S/C11H16N2O4/c1-12(2)6-7-13(3)10(14)8-4-5-9(17-8)11(15)16/h4-5H,6-7H2,1-3H3,(H,15,16). The van der Waals surface area contributed by atoms with Crippen LogP contribution >= 0.6 is 0 Å². The molecule has 1 heterocycles. The molecule has 0 saturated carbocycles. The highest BCUT2D eigenvalue weighted by molar-refractivity contribution is 5.93. The number of likely N-dealkylation sites (N-methyl/N-ethyl adjacent to an activating group) is 2. The summed E-state index contributed by atoms with van der Waals surface area (Å²) in [5.74, 6) is -1.68. The summed E-state index contributed by atoms with van der Waals surface area (Å²) >= 11 is 0. The SMILES string of the molecule is CN(C)CCN(C)C(=O)c1ccc(C(=O)O)o1. The molecule has 6 heteroatoms. The Labute approximate surface area is 99.4 Å². The Balaban J connectivity index is 2.65. The van der Waals surface area contributed by atoms with E-state index in [1.54, 1.807) is 7.05 Å². The van der Waals surface area contributed by atoms with Crippen LogP contribution in [0.25, 0.3) is 0 Å². The van der Waals surface area contributed by atoms with E-state index in [4.69, 9.17) is 9.52 Å². The fraction of sp³-hybridized carbons (Fsp3) is 0.455. The maximum atomic E-state index is 11.8. The molecule has 0 radical (unpaired) electrons. The Morgan fingerprint density at radius 1 is 1.18 bits per heavy atom. The zero-order valence-electron chi connectivity index (χ0n) is 10.1. The predicted molar refractivity (Wildman–Crippen MR) is 61.2 cm³/mol. The zero-order chi connectivity index (χ0) is 13.0. The van der Waals surface area contributed by atoms with Gasteiger partial charge in [-0.15, -0.1) is 0 Å². The molecular weight excluding hydrogens is 224 g/mol. The minimum Gasteiger partial charge on any atom is -0.475 e. The number of furan rings is 1. The van der Waals surface area contributed by atoms with Gasteiger partial charge in [-0.2, -0.15) is 0 Å². The lowest BCUT2D eigenvalue weighted by Crippen LogP contribution is -2.33. The molecule has 0 fully saturated rings. The van der Waals surface area contributed by atoms with E-state index >= 15 is 0 Å². The molecule has 0 aliphatic rings. The Morgan fingerprint density at radius 2 is 1.76 bits per heavy atom. The molecule has 0 aromatic carbocycles. The third-order valence-electron chi connectivity index (χ3n) is 2.26. The van der Waals surface area contributed by atoms with E-state index in [-0.39, 0.29) is 17.4 Å². The van der Waals surface area contributed by atoms with E-state index in [1.807, 2.05) is 19.0 Å². The first-order valence-electron chi connectivity index (χ1n) is 5.15. The molecule has 0 aliphatic carbocycles. The minimum absolute atomic E-state index is 0.0451. The number of hydrogen-bond acceptors (Lipinski definition) is 4.